The summed E-state index contributed by atoms with van der Waals surface area (Å²) in [6, 6.07) is 12.2. The summed E-state index contributed by atoms with van der Waals surface area (Å²) in [5.74, 6) is 1.07. The third kappa shape index (κ3) is 4.50. The maximum absolute atomic E-state index is 5.53. The largest absolute Gasteiger partial charge is 0.350 e. The van der Waals surface area contributed by atoms with Gasteiger partial charge < -0.3 is 10.6 Å². The van der Waals surface area contributed by atoms with Gasteiger partial charge in [-0.2, -0.15) is 0 Å². The van der Waals surface area contributed by atoms with Gasteiger partial charge in [-0.25, -0.2) is 4.99 Å². The second-order valence-electron chi connectivity index (χ2n) is 5.00. The quantitative estimate of drug-likeness (QED) is 0.861. The Kier molecular flexibility index (Phi) is 6.06. The highest BCUT2D eigenvalue weighted by Gasteiger charge is 2.26. The molecular weight excluding hydrogens is 284 g/mol. The van der Waals surface area contributed by atoms with Crippen molar-refractivity contribution in [2.24, 2.45) is 10.7 Å². The highest BCUT2D eigenvalue weighted by atomic mass is 15.3. The predicted octanol–water partition coefficient (Wildman–Crippen LogP) is 3.42. The van der Waals surface area contributed by atoms with Crippen LogP contribution < -0.4 is 5.73 Å². The number of aromatic nitrogens is 1. The van der Waals surface area contributed by atoms with Crippen LogP contribution in [0.3, 0.4) is 0 Å². The van der Waals surface area contributed by atoms with Crippen LogP contribution in [-0.2, 0) is 0 Å². The average molecular weight is 308 g/mol. The van der Waals surface area contributed by atoms with Gasteiger partial charge in [-0.05, 0) is 29.3 Å². The Balaban J connectivity index is 0.000000924. The molecule has 0 spiro atoms. The number of rotatable bonds is 5. The van der Waals surface area contributed by atoms with Crippen LogP contribution in [-0.4, -0.2) is 35.4 Å². The first kappa shape index (κ1) is 16.9. The molecule has 4 heteroatoms. The predicted molar refractivity (Wildman–Crippen MR) is 98.1 cm³/mol. The fourth-order valence-electron chi connectivity index (χ4n) is 2.25. The molecule has 1 aromatic heterocycles. The van der Waals surface area contributed by atoms with Crippen LogP contribution in [0.2, 0.25) is 0 Å². The molecule has 1 aromatic carbocycles. The van der Waals surface area contributed by atoms with E-state index in [1.54, 1.807) is 12.4 Å². The van der Waals surface area contributed by atoms with E-state index in [4.69, 9.17) is 5.73 Å². The van der Waals surface area contributed by atoms with Gasteiger partial charge in [-0.15, -0.1) is 0 Å². The molecule has 0 radical (unpaired) electrons. The van der Waals surface area contributed by atoms with E-state index in [0.717, 1.165) is 41.3 Å². The smallest absolute Gasteiger partial charge is 0.125 e. The summed E-state index contributed by atoms with van der Waals surface area (Å²) in [6.07, 6.45) is 3.60. The number of aliphatic imine (C=N–C) groups is 1. The number of hydrogen-bond donors (Lipinski definition) is 1. The number of hydrogen-bond acceptors (Lipinski definition) is 3. The summed E-state index contributed by atoms with van der Waals surface area (Å²) < 4.78 is 0. The van der Waals surface area contributed by atoms with Crippen molar-refractivity contribution in [2.45, 2.75) is 13.8 Å². The third-order valence-corrected chi connectivity index (χ3v) is 3.47. The van der Waals surface area contributed by atoms with Crippen LogP contribution in [0.15, 0.2) is 60.4 Å². The van der Waals surface area contributed by atoms with Crippen molar-refractivity contribution in [3.05, 3.63) is 60.9 Å². The maximum atomic E-state index is 5.53. The summed E-state index contributed by atoms with van der Waals surface area (Å²) in [7, 11) is 0. The number of amidine groups is 1. The number of pyridine rings is 1. The Morgan fingerprint density at radius 2 is 1.96 bits per heavy atom. The highest BCUT2D eigenvalue weighted by molar-refractivity contribution is 6.00. The monoisotopic (exact) mass is 308 g/mol. The summed E-state index contributed by atoms with van der Waals surface area (Å²) in [5, 5.41) is 0. The molecule has 120 valence electrons. The first-order chi connectivity index (χ1) is 11.3. The van der Waals surface area contributed by atoms with Gasteiger partial charge in [0.2, 0.25) is 0 Å². The van der Waals surface area contributed by atoms with E-state index < -0.39 is 0 Å². The van der Waals surface area contributed by atoms with E-state index in [1.807, 2.05) is 38.1 Å². The summed E-state index contributed by atoms with van der Waals surface area (Å²) in [4.78, 5) is 10.8. The Bertz CT molecular complexity index is 677. The Hall–Kier alpha value is -2.46. The van der Waals surface area contributed by atoms with Crippen LogP contribution in [0.25, 0.3) is 16.8 Å². The van der Waals surface area contributed by atoms with Gasteiger partial charge in [0.05, 0.1) is 12.2 Å². The van der Waals surface area contributed by atoms with Gasteiger partial charge in [0, 0.05) is 31.0 Å². The van der Waals surface area contributed by atoms with Crippen molar-refractivity contribution in [1.29, 1.82) is 0 Å². The topological polar surface area (TPSA) is 54.3 Å². The molecule has 4 nitrogen and oxygen atoms in total. The second-order valence-corrected chi connectivity index (χ2v) is 5.00. The minimum absolute atomic E-state index is 0.656. The van der Waals surface area contributed by atoms with Crippen LogP contribution >= 0.6 is 0 Å². The van der Waals surface area contributed by atoms with Gasteiger partial charge in [0.1, 0.15) is 5.84 Å². The molecule has 23 heavy (non-hydrogen) atoms. The Morgan fingerprint density at radius 3 is 2.65 bits per heavy atom. The van der Waals surface area contributed by atoms with E-state index in [9.17, 15) is 0 Å². The molecule has 0 amide bonds. The molecule has 1 aliphatic rings. The van der Waals surface area contributed by atoms with Gasteiger partial charge in [0.25, 0.3) is 0 Å². The summed E-state index contributed by atoms with van der Waals surface area (Å²) >= 11 is 0. The van der Waals surface area contributed by atoms with Crippen LogP contribution in [0.5, 0.6) is 0 Å². The van der Waals surface area contributed by atoms with E-state index in [-0.39, 0.29) is 0 Å². The molecule has 2 aromatic rings. The summed E-state index contributed by atoms with van der Waals surface area (Å²) in [6.45, 7) is 10.5. The zero-order chi connectivity index (χ0) is 16.7. The number of benzene rings is 1. The fraction of sp³-hybridized carbons (Fsp3) is 0.263. The molecule has 2 N–H and O–H groups in total. The van der Waals surface area contributed by atoms with Crippen LogP contribution in [0.1, 0.15) is 19.4 Å². The zero-order valence-electron chi connectivity index (χ0n) is 13.9. The van der Waals surface area contributed by atoms with Crippen LogP contribution in [0.4, 0.5) is 0 Å². The van der Waals surface area contributed by atoms with Crippen LogP contribution in [0, 0.1) is 0 Å². The van der Waals surface area contributed by atoms with Gasteiger partial charge in [-0.1, -0.05) is 38.6 Å². The molecule has 3 rings (SSSR count). The molecule has 1 saturated heterocycles. The SMILES string of the molecule is C=C(N=C1CN1CCN)c1cccc(-c2ccncc2)c1.CC. The Labute approximate surface area is 138 Å². The number of nitrogens with two attached hydrogens (primary N) is 1. The molecule has 0 atom stereocenters. The molecule has 1 fully saturated rings. The lowest BCUT2D eigenvalue weighted by atomic mass is 10.0. The van der Waals surface area contributed by atoms with Crippen molar-refractivity contribution in [1.82, 2.24) is 9.88 Å². The normalized spacial score (nSPS) is 14.2. The fourth-order valence-corrected chi connectivity index (χ4v) is 2.25. The van der Waals surface area contributed by atoms with Crippen molar-refractivity contribution in [3.63, 3.8) is 0 Å². The minimum atomic E-state index is 0.656. The first-order valence-corrected chi connectivity index (χ1v) is 8.00. The zero-order valence-corrected chi connectivity index (χ0v) is 13.9. The molecule has 0 unspecified atom stereocenters. The molecule has 0 bridgehead atoms. The van der Waals surface area contributed by atoms with Crippen molar-refractivity contribution in [3.8, 4) is 11.1 Å². The average Bonchev–Trinajstić information content (AvgIpc) is 3.35. The third-order valence-electron chi connectivity index (χ3n) is 3.47. The lowest BCUT2D eigenvalue weighted by Crippen LogP contribution is -2.13. The molecule has 0 aliphatic carbocycles. The Morgan fingerprint density at radius 1 is 1.22 bits per heavy atom. The van der Waals surface area contributed by atoms with Gasteiger partial charge in [0.15, 0.2) is 0 Å². The van der Waals surface area contributed by atoms with E-state index >= 15 is 0 Å². The van der Waals surface area contributed by atoms with E-state index in [0.29, 0.717) is 6.54 Å². The van der Waals surface area contributed by atoms with Crippen molar-refractivity contribution in [2.75, 3.05) is 19.6 Å². The van der Waals surface area contributed by atoms with E-state index in [2.05, 4.69) is 33.6 Å². The lowest BCUT2D eigenvalue weighted by Gasteiger charge is -2.05. The van der Waals surface area contributed by atoms with Gasteiger partial charge >= 0.3 is 0 Å². The van der Waals surface area contributed by atoms with E-state index in [1.165, 1.54) is 0 Å². The molecular formula is C19H24N4. The summed E-state index contributed by atoms with van der Waals surface area (Å²) in [5.41, 5.74) is 9.65. The number of nitrogens with zero attached hydrogens (tertiary/aromatic N) is 3. The molecule has 0 saturated carbocycles. The molecule has 1 aliphatic heterocycles. The molecule has 2 heterocycles. The first-order valence-electron chi connectivity index (χ1n) is 8.00. The van der Waals surface area contributed by atoms with Gasteiger partial charge in [-0.3, -0.25) is 4.98 Å². The highest BCUT2D eigenvalue weighted by Crippen LogP contribution is 2.24. The standard InChI is InChI=1S/C17H18N4.C2H6/c1-13(20-17-12-21(17)10-7-18)15-3-2-4-16(11-15)14-5-8-19-9-6-14;1-2/h2-6,8-9,11H,1,7,10,12,18H2;1-2H3. The maximum Gasteiger partial charge on any atom is 0.125 e. The van der Waals surface area contributed by atoms with Crippen molar-refractivity contribution < 1.29 is 0 Å². The lowest BCUT2D eigenvalue weighted by molar-refractivity contribution is 0.618. The minimum Gasteiger partial charge on any atom is -0.350 e. The second kappa shape index (κ2) is 8.25. The van der Waals surface area contributed by atoms with Crippen molar-refractivity contribution >= 4 is 11.5 Å².